The van der Waals surface area contributed by atoms with Crippen LogP contribution in [-0.4, -0.2) is 21.3 Å². The molecule has 3 rings (SSSR count). The average molecular weight is 293 g/mol. The number of benzene rings is 2. The lowest BCUT2D eigenvalue weighted by atomic mass is 10.2. The van der Waals surface area contributed by atoms with Crippen LogP contribution in [0, 0.1) is 5.82 Å². The number of carbonyl (C=O) groups is 1. The van der Waals surface area contributed by atoms with Crippen molar-refractivity contribution in [3.8, 4) is 5.69 Å². The van der Waals surface area contributed by atoms with E-state index < -0.39 is 0 Å². The summed E-state index contributed by atoms with van der Waals surface area (Å²) >= 11 is 0. The van der Waals surface area contributed by atoms with E-state index in [9.17, 15) is 9.18 Å². The van der Waals surface area contributed by atoms with Gasteiger partial charge in [-0.2, -0.15) is 0 Å². The van der Waals surface area contributed by atoms with Crippen LogP contribution in [0.2, 0.25) is 0 Å². The summed E-state index contributed by atoms with van der Waals surface area (Å²) in [6.07, 6.45) is 4.22. The fourth-order valence-electron chi connectivity index (χ4n) is 2.08. The molecule has 5 heteroatoms. The predicted molar refractivity (Wildman–Crippen MR) is 82.1 cm³/mol. The molecule has 0 aliphatic rings. The van der Waals surface area contributed by atoms with Gasteiger partial charge in [0.1, 0.15) is 5.82 Å². The molecular formula is C17H12FN3O. The summed E-state index contributed by atoms with van der Waals surface area (Å²) in [4.78, 5) is 11.1. The van der Waals surface area contributed by atoms with Gasteiger partial charge in [0.2, 0.25) is 0 Å². The SMILES string of the molecule is O=Cc1nnn(-c2cccc(F)c2)c1/C=C/c1ccccc1. The van der Waals surface area contributed by atoms with E-state index >= 15 is 0 Å². The van der Waals surface area contributed by atoms with Crippen molar-refractivity contribution in [2.75, 3.05) is 0 Å². The van der Waals surface area contributed by atoms with E-state index in [1.807, 2.05) is 36.4 Å². The third-order valence-electron chi connectivity index (χ3n) is 3.13. The Kier molecular flexibility index (Phi) is 3.87. The summed E-state index contributed by atoms with van der Waals surface area (Å²) in [7, 11) is 0. The summed E-state index contributed by atoms with van der Waals surface area (Å²) in [5.41, 5.74) is 2.19. The zero-order valence-electron chi connectivity index (χ0n) is 11.6. The second-order valence-electron chi connectivity index (χ2n) is 4.61. The zero-order chi connectivity index (χ0) is 15.4. The van der Waals surface area contributed by atoms with Gasteiger partial charge in [-0.1, -0.05) is 47.7 Å². The minimum absolute atomic E-state index is 0.205. The molecule has 0 unspecified atom stereocenters. The number of hydrogen-bond acceptors (Lipinski definition) is 3. The molecule has 0 bridgehead atoms. The lowest BCUT2D eigenvalue weighted by Gasteiger charge is -2.03. The van der Waals surface area contributed by atoms with Crippen molar-refractivity contribution in [1.82, 2.24) is 15.0 Å². The maximum Gasteiger partial charge on any atom is 0.172 e. The normalized spacial score (nSPS) is 11.0. The molecule has 108 valence electrons. The van der Waals surface area contributed by atoms with E-state index in [4.69, 9.17) is 0 Å². The fourth-order valence-corrected chi connectivity index (χ4v) is 2.08. The second kappa shape index (κ2) is 6.13. The largest absolute Gasteiger partial charge is 0.296 e. The van der Waals surface area contributed by atoms with Crippen molar-refractivity contribution >= 4 is 18.4 Å². The first-order valence-electron chi connectivity index (χ1n) is 6.68. The number of aldehydes is 1. The monoisotopic (exact) mass is 293 g/mol. The van der Waals surface area contributed by atoms with Gasteiger partial charge >= 0.3 is 0 Å². The van der Waals surface area contributed by atoms with Crippen molar-refractivity contribution in [1.29, 1.82) is 0 Å². The summed E-state index contributed by atoms with van der Waals surface area (Å²) in [6, 6.07) is 15.6. The van der Waals surface area contributed by atoms with Crippen LogP contribution in [0.4, 0.5) is 4.39 Å². The van der Waals surface area contributed by atoms with E-state index in [0.29, 0.717) is 17.7 Å². The Bertz CT molecular complexity index is 825. The van der Waals surface area contributed by atoms with Gasteiger partial charge in [-0.15, -0.1) is 5.10 Å². The highest BCUT2D eigenvalue weighted by Crippen LogP contribution is 2.16. The Labute approximate surface area is 126 Å². The first kappa shape index (κ1) is 13.9. The minimum atomic E-state index is -0.376. The Morgan fingerprint density at radius 3 is 2.55 bits per heavy atom. The highest BCUT2D eigenvalue weighted by molar-refractivity contribution is 5.81. The quantitative estimate of drug-likeness (QED) is 0.693. The summed E-state index contributed by atoms with van der Waals surface area (Å²) in [5.74, 6) is -0.376. The van der Waals surface area contributed by atoms with Crippen LogP contribution in [0.3, 0.4) is 0 Å². The molecule has 3 aromatic rings. The number of aromatic nitrogens is 3. The van der Waals surface area contributed by atoms with Crippen LogP contribution >= 0.6 is 0 Å². The molecule has 0 atom stereocenters. The molecule has 0 spiro atoms. The van der Waals surface area contributed by atoms with E-state index in [0.717, 1.165) is 5.56 Å². The molecule has 1 heterocycles. The highest BCUT2D eigenvalue weighted by atomic mass is 19.1. The molecule has 0 saturated heterocycles. The topological polar surface area (TPSA) is 47.8 Å². The lowest BCUT2D eigenvalue weighted by Crippen LogP contribution is -2.00. The van der Waals surface area contributed by atoms with E-state index in [1.54, 1.807) is 18.2 Å². The van der Waals surface area contributed by atoms with Crippen LogP contribution in [0.5, 0.6) is 0 Å². The van der Waals surface area contributed by atoms with Gasteiger partial charge in [-0.25, -0.2) is 9.07 Å². The first-order valence-corrected chi connectivity index (χ1v) is 6.68. The number of carbonyl (C=O) groups excluding carboxylic acids is 1. The lowest BCUT2D eigenvalue weighted by molar-refractivity contribution is 0.111. The number of rotatable bonds is 4. The first-order chi connectivity index (χ1) is 10.8. The van der Waals surface area contributed by atoms with Gasteiger partial charge in [0.25, 0.3) is 0 Å². The molecule has 0 N–H and O–H groups in total. The Morgan fingerprint density at radius 2 is 1.82 bits per heavy atom. The van der Waals surface area contributed by atoms with Crippen LogP contribution in [0.25, 0.3) is 17.8 Å². The van der Waals surface area contributed by atoms with Crippen LogP contribution in [-0.2, 0) is 0 Å². The average Bonchev–Trinajstić information content (AvgIpc) is 2.97. The Morgan fingerprint density at radius 1 is 1.00 bits per heavy atom. The molecule has 1 aromatic heterocycles. The standard InChI is InChI=1S/C17H12FN3O/c18-14-7-4-8-15(11-14)21-17(16(12-22)19-20-21)10-9-13-5-2-1-3-6-13/h1-12H/b10-9+. The molecule has 0 radical (unpaired) electrons. The maximum atomic E-state index is 13.4. The Balaban J connectivity index is 2.04. The summed E-state index contributed by atoms with van der Waals surface area (Å²) in [5, 5.41) is 7.75. The van der Waals surface area contributed by atoms with E-state index in [-0.39, 0.29) is 11.5 Å². The minimum Gasteiger partial charge on any atom is -0.296 e. The highest BCUT2D eigenvalue weighted by Gasteiger charge is 2.11. The Hall–Kier alpha value is -3.08. The maximum absolute atomic E-state index is 13.4. The van der Waals surface area contributed by atoms with Gasteiger partial charge in [0.05, 0.1) is 11.4 Å². The molecule has 0 fully saturated rings. The predicted octanol–water partition coefficient (Wildman–Crippen LogP) is 3.39. The van der Waals surface area contributed by atoms with Gasteiger partial charge in [0, 0.05) is 0 Å². The summed E-state index contributed by atoms with van der Waals surface area (Å²) < 4.78 is 14.8. The molecule has 0 aliphatic carbocycles. The smallest absolute Gasteiger partial charge is 0.172 e. The molecule has 22 heavy (non-hydrogen) atoms. The molecule has 4 nitrogen and oxygen atoms in total. The molecule has 0 saturated carbocycles. The number of hydrogen-bond donors (Lipinski definition) is 0. The van der Waals surface area contributed by atoms with Crippen molar-refractivity contribution in [3.63, 3.8) is 0 Å². The van der Waals surface area contributed by atoms with Crippen molar-refractivity contribution in [3.05, 3.63) is 77.4 Å². The zero-order valence-corrected chi connectivity index (χ0v) is 11.6. The number of halogens is 1. The molecular weight excluding hydrogens is 281 g/mol. The van der Waals surface area contributed by atoms with Crippen molar-refractivity contribution in [2.45, 2.75) is 0 Å². The summed E-state index contributed by atoms with van der Waals surface area (Å²) in [6.45, 7) is 0. The van der Waals surface area contributed by atoms with Crippen LogP contribution < -0.4 is 0 Å². The molecule has 0 aliphatic heterocycles. The third-order valence-corrected chi connectivity index (χ3v) is 3.13. The van der Waals surface area contributed by atoms with E-state index in [1.165, 1.54) is 16.8 Å². The van der Waals surface area contributed by atoms with Gasteiger partial charge in [-0.05, 0) is 29.8 Å². The van der Waals surface area contributed by atoms with Crippen LogP contribution in [0.15, 0.2) is 54.6 Å². The van der Waals surface area contributed by atoms with Crippen molar-refractivity contribution in [2.24, 2.45) is 0 Å². The molecule has 0 amide bonds. The number of nitrogens with zero attached hydrogens (tertiary/aromatic N) is 3. The third kappa shape index (κ3) is 2.83. The van der Waals surface area contributed by atoms with Gasteiger partial charge < -0.3 is 0 Å². The van der Waals surface area contributed by atoms with Crippen LogP contribution in [0.1, 0.15) is 21.7 Å². The van der Waals surface area contributed by atoms with E-state index in [2.05, 4.69) is 10.3 Å². The van der Waals surface area contributed by atoms with Gasteiger partial charge in [-0.3, -0.25) is 4.79 Å². The second-order valence-corrected chi connectivity index (χ2v) is 4.61. The van der Waals surface area contributed by atoms with Crippen molar-refractivity contribution < 1.29 is 9.18 Å². The van der Waals surface area contributed by atoms with Gasteiger partial charge in [0.15, 0.2) is 12.0 Å². The molecule has 2 aromatic carbocycles. The fraction of sp³-hybridized carbons (Fsp3) is 0.